The van der Waals surface area contributed by atoms with Gasteiger partial charge in [-0.1, -0.05) is 36.4 Å². The zero-order valence-corrected chi connectivity index (χ0v) is 16.3. The van der Waals surface area contributed by atoms with Gasteiger partial charge in [0.15, 0.2) is 0 Å². The van der Waals surface area contributed by atoms with E-state index in [0.29, 0.717) is 17.1 Å². The van der Waals surface area contributed by atoms with E-state index < -0.39 is 15.9 Å². The largest absolute Gasteiger partial charge is 0.495 e. The van der Waals surface area contributed by atoms with Crippen LogP contribution in [0.2, 0.25) is 0 Å². The second kappa shape index (κ2) is 8.14. The van der Waals surface area contributed by atoms with E-state index in [0.717, 1.165) is 0 Å². The van der Waals surface area contributed by atoms with E-state index in [1.54, 1.807) is 60.7 Å². The molecule has 0 saturated heterocycles. The summed E-state index contributed by atoms with van der Waals surface area (Å²) in [6.07, 6.45) is 0. The fourth-order valence-corrected chi connectivity index (χ4v) is 3.92. The molecule has 1 N–H and O–H groups in total. The van der Waals surface area contributed by atoms with Gasteiger partial charge in [-0.15, -0.1) is 0 Å². The Balaban J connectivity index is 1.88. The van der Waals surface area contributed by atoms with Crippen LogP contribution < -0.4 is 14.4 Å². The first-order chi connectivity index (χ1) is 13.4. The zero-order chi connectivity index (χ0) is 20.1. The standard InChI is InChI=1S/C21H20N2O4S/c1-23(17-10-4-3-5-11-17)28(25,26)18-12-8-9-16(15-18)21(24)22-19-13-6-7-14-20(19)27-2/h3-15H,1-2H3,(H,22,24). The zero-order valence-electron chi connectivity index (χ0n) is 15.5. The van der Waals surface area contributed by atoms with Gasteiger partial charge in [-0.2, -0.15) is 0 Å². The molecule has 3 aromatic rings. The normalized spacial score (nSPS) is 10.9. The Morgan fingerprint density at radius 3 is 2.32 bits per heavy atom. The predicted octanol–water partition coefficient (Wildman–Crippen LogP) is 3.77. The average Bonchev–Trinajstić information content (AvgIpc) is 2.74. The van der Waals surface area contributed by atoms with Crippen molar-refractivity contribution in [3.63, 3.8) is 0 Å². The van der Waals surface area contributed by atoms with Crippen molar-refractivity contribution in [1.29, 1.82) is 0 Å². The van der Waals surface area contributed by atoms with Crippen LogP contribution in [0.3, 0.4) is 0 Å². The molecule has 0 radical (unpaired) electrons. The number of methoxy groups -OCH3 is 1. The number of amides is 1. The Labute approximate surface area is 164 Å². The number of nitrogens with zero attached hydrogens (tertiary/aromatic N) is 1. The molecular weight excluding hydrogens is 376 g/mol. The third kappa shape index (κ3) is 3.99. The van der Waals surface area contributed by atoms with Crippen LogP contribution in [0, 0.1) is 0 Å². The third-order valence-electron chi connectivity index (χ3n) is 4.23. The Morgan fingerprint density at radius 2 is 1.61 bits per heavy atom. The molecule has 0 aromatic heterocycles. The molecule has 3 rings (SSSR count). The van der Waals surface area contributed by atoms with Crippen molar-refractivity contribution >= 4 is 27.3 Å². The Bertz CT molecular complexity index is 1080. The molecule has 3 aromatic carbocycles. The van der Waals surface area contributed by atoms with Crippen molar-refractivity contribution < 1.29 is 17.9 Å². The lowest BCUT2D eigenvalue weighted by atomic mass is 10.2. The SMILES string of the molecule is COc1ccccc1NC(=O)c1cccc(S(=O)(=O)N(C)c2ccccc2)c1. The Morgan fingerprint density at radius 1 is 0.929 bits per heavy atom. The van der Waals surface area contributed by atoms with Crippen LogP contribution in [0.5, 0.6) is 5.75 Å². The van der Waals surface area contributed by atoms with E-state index in [1.807, 2.05) is 6.07 Å². The maximum absolute atomic E-state index is 12.9. The molecular formula is C21H20N2O4S. The fourth-order valence-electron chi connectivity index (χ4n) is 2.67. The fraction of sp³-hybridized carbons (Fsp3) is 0.0952. The monoisotopic (exact) mass is 396 g/mol. The number of carbonyl (C=O) groups is 1. The number of anilines is 2. The summed E-state index contributed by atoms with van der Waals surface area (Å²) >= 11 is 0. The minimum Gasteiger partial charge on any atom is -0.495 e. The molecule has 0 saturated carbocycles. The van der Waals surface area contributed by atoms with Crippen LogP contribution in [0.25, 0.3) is 0 Å². The van der Waals surface area contributed by atoms with Gasteiger partial charge in [-0.25, -0.2) is 8.42 Å². The van der Waals surface area contributed by atoms with Gasteiger partial charge in [0, 0.05) is 12.6 Å². The van der Waals surface area contributed by atoms with Gasteiger partial charge in [0.05, 0.1) is 23.4 Å². The van der Waals surface area contributed by atoms with Crippen molar-refractivity contribution in [2.24, 2.45) is 0 Å². The first-order valence-electron chi connectivity index (χ1n) is 8.52. The first kappa shape index (κ1) is 19.4. The van der Waals surface area contributed by atoms with Gasteiger partial charge in [-0.05, 0) is 42.5 Å². The highest BCUT2D eigenvalue weighted by molar-refractivity contribution is 7.92. The van der Waals surface area contributed by atoms with E-state index in [-0.39, 0.29) is 10.5 Å². The molecule has 0 spiro atoms. The van der Waals surface area contributed by atoms with E-state index in [4.69, 9.17) is 4.74 Å². The molecule has 0 fully saturated rings. The molecule has 0 atom stereocenters. The molecule has 0 heterocycles. The summed E-state index contributed by atoms with van der Waals surface area (Å²) in [6, 6.07) is 21.7. The number of sulfonamides is 1. The number of para-hydroxylation sites is 3. The van der Waals surface area contributed by atoms with Crippen LogP contribution in [-0.2, 0) is 10.0 Å². The van der Waals surface area contributed by atoms with Crippen molar-refractivity contribution in [1.82, 2.24) is 0 Å². The lowest BCUT2D eigenvalue weighted by Gasteiger charge is -2.19. The maximum Gasteiger partial charge on any atom is 0.264 e. The minimum absolute atomic E-state index is 0.0338. The lowest BCUT2D eigenvalue weighted by molar-refractivity contribution is 0.102. The molecule has 0 aliphatic carbocycles. The number of benzene rings is 3. The number of rotatable bonds is 6. The van der Waals surface area contributed by atoms with Crippen molar-refractivity contribution in [3.8, 4) is 5.75 Å². The van der Waals surface area contributed by atoms with Crippen molar-refractivity contribution in [3.05, 3.63) is 84.4 Å². The van der Waals surface area contributed by atoms with Crippen LogP contribution in [-0.4, -0.2) is 28.5 Å². The smallest absolute Gasteiger partial charge is 0.264 e. The number of hydrogen-bond donors (Lipinski definition) is 1. The van der Waals surface area contributed by atoms with E-state index in [2.05, 4.69) is 5.32 Å². The summed E-state index contributed by atoms with van der Waals surface area (Å²) in [5, 5.41) is 2.74. The van der Waals surface area contributed by atoms with Crippen molar-refractivity contribution in [2.75, 3.05) is 23.8 Å². The van der Waals surface area contributed by atoms with Gasteiger partial charge in [-0.3, -0.25) is 9.10 Å². The maximum atomic E-state index is 12.9. The van der Waals surface area contributed by atoms with Gasteiger partial charge in [0.2, 0.25) is 0 Å². The average molecular weight is 396 g/mol. The van der Waals surface area contributed by atoms with Crippen molar-refractivity contribution in [2.45, 2.75) is 4.90 Å². The Kier molecular flexibility index (Phi) is 5.65. The highest BCUT2D eigenvalue weighted by Crippen LogP contribution is 2.25. The summed E-state index contributed by atoms with van der Waals surface area (Å²) in [6.45, 7) is 0. The summed E-state index contributed by atoms with van der Waals surface area (Å²) in [5.74, 6) is 0.0901. The third-order valence-corrected chi connectivity index (χ3v) is 6.01. The first-order valence-corrected chi connectivity index (χ1v) is 9.96. The van der Waals surface area contributed by atoms with Gasteiger partial charge in [0.1, 0.15) is 5.75 Å². The molecule has 7 heteroatoms. The number of carbonyl (C=O) groups excluding carboxylic acids is 1. The second-order valence-corrected chi connectivity index (χ2v) is 7.96. The van der Waals surface area contributed by atoms with Gasteiger partial charge in [0.25, 0.3) is 15.9 Å². The number of hydrogen-bond acceptors (Lipinski definition) is 4. The molecule has 144 valence electrons. The quantitative estimate of drug-likeness (QED) is 0.688. The number of ether oxygens (including phenoxy) is 1. The molecule has 28 heavy (non-hydrogen) atoms. The second-order valence-electron chi connectivity index (χ2n) is 5.99. The van der Waals surface area contributed by atoms with Crippen LogP contribution in [0.4, 0.5) is 11.4 Å². The molecule has 6 nitrogen and oxygen atoms in total. The topological polar surface area (TPSA) is 75.7 Å². The molecule has 0 aliphatic heterocycles. The van der Waals surface area contributed by atoms with Crippen LogP contribution in [0.1, 0.15) is 10.4 Å². The van der Waals surface area contributed by atoms with Gasteiger partial charge < -0.3 is 10.1 Å². The molecule has 0 unspecified atom stereocenters. The molecule has 1 amide bonds. The minimum atomic E-state index is -3.81. The number of nitrogens with one attached hydrogen (secondary N) is 1. The van der Waals surface area contributed by atoms with E-state index >= 15 is 0 Å². The lowest BCUT2D eigenvalue weighted by Crippen LogP contribution is -2.26. The molecule has 0 bridgehead atoms. The Hall–Kier alpha value is -3.32. The highest BCUT2D eigenvalue weighted by Gasteiger charge is 2.22. The van der Waals surface area contributed by atoms with Crippen LogP contribution in [0.15, 0.2) is 83.8 Å². The van der Waals surface area contributed by atoms with E-state index in [1.165, 1.54) is 30.6 Å². The predicted molar refractivity (Wildman–Crippen MR) is 109 cm³/mol. The highest BCUT2D eigenvalue weighted by atomic mass is 32.2. The molecule has 0 aliphatic rings. The summed E-state index contributed by atoms with van der Waals surface area (Å²) in [5.41, 5.74) is 1.27. The van der Waals surface area contributed by atoms with Crippen LogP contribution >= 0.6 is 0 Å². The van der Waals surface area contributed by atoms with E-state index in [9.17, 15) is 13.2 Å². The summed E-state index contributed by atoms with van der Waals surface area (Å²) in [7, 11) is -0.815. The summed E-state index contributed by atoms with van der Waals surface area (Å²) in [4.78, 5) is 12.7. The van der Waals surface area contributed by atoms with Gasteiger partial charge >= 0.3 is 0 Å². The summed E-state index contributed by atoms with van der Waals surface area (Å²) < 4.78 is 32.3.